The summed E-state index contributed by atoms with van der Waals surface area (Å²) in [6, 6.07) is 18.2. The van der Waals surface area contributed by atoms with Crippen LogP contribution in [0.25, 0.3) is 0 Å². The third-order valence-electron chi connectivity index (χ3n) is 3.77. The van der Waals surface area contributed by atoms with Crippen LogP contribution in [-0.2, 0) is 11.2 Å². The highest BCUT2D eigenvalue weighted by Crippen LogP contribution is 2.14. The van der Waals surface area contributed by atoms with Crippen LogP contribution in [-0.4, -0.2) is 18.1 Å². The second kappa shape index (κ2) is 8.37. The van der Waals surface area contributed by atoms with Gasteiger partial charge in [0.05, 0.1) is 0 Å². The first-order valence-electron chi connectivity index (χ1n) is 8.12. The van der Waals surface area contributed by atoms with E-state index in [1.165, 1.54) is 5.56 Å². The second-order valence-electron chi connectivity index (χ2n) is 6.01. The van der Waals surface area contributed by atoms with E-state index < -0.39 is 6.10 Å². The number of ether oxygens (including phenoxy) is 1. The average Bonchev–Trinajstić information content (AvgIpc) is 2.54. The van der Waals surface area contributed by atoms with Crippen molar-refractivity contribution in [2.24, 2.45) is 0 Å². The quantitative estimate of drug-likeness (QED) is 0.842. The van der Waals surface area contributed by atoms with Gasteiger partial charge in [-0.05, 0) is 56.9 Å². The van der Waals surface area contributed by atoms with Crippen LogP contribution >= 0.6 is 0 Å². The largest absolute Gasteiger partial charge is 0.481 e. The SMILES string of the molecule is Cc1cccc(O[C@H](C)C(=O)N[C@@H](C)CCc2ccccc2)c1. The lowest BCUT2D eigenvalue weighted by molar-refractivity contribution is -0.127. The zero-order chi connectivity index (χ0) is 16.7. The van der Waals surface area contributed by atoms with Gasteiger partial charge in [-0.1, -0.05) is 42.5 Å². The lowest BCUT2D eigenvalue weighted by Gasteiger charge is -2.19. The number of aryl methyl sites for hydroxylation is 2. The third-order valence-corrected chi connectivity index (χ3v) is 3.77. The van der Waals surface area contributed by atoms with E-state index in [2.05, 4.69) is 17.4 Å². The molecule has 122 valence electrons. The molecule has 0 aliphatic carbocycles. The summed E-state index contributed by atoms with van der Waals surface area (Å²) in [6.45, 7) is 5.81. The van der Waals surface area contributed by atoms with Gasteiger partial charge in [0.15, 0.2) is 6.10 Å². The minimum absolute atomic E-state index is 0.0768. The fraction of sp³-hybridized carbons (Fsp3) is 0.350. The van der Waals surface area contributed by atoms with E-state index in [4.69, 9.17) is 4.74 Å². The van der Waals surface area contributed by atoms with Crippen molar-refractivity contribution in [3.8, 4) is 5.75 Å². The monoisotopic (exact) mass is 311 g/mol. The van der Waals surface area contributed by atoms with Crippen molar-refractivity contribution in [2.75, 3.05) is 0 Å². The lowest BCUT2D eigenvalue weighted by atomic mass is 10.1. The van der Waals surface area contributed by atoms with Crippen LogP contribution in [0.4, 0.5) is 0 Å². The van der Waals surface area contributed by atoms with Crippen molar-refractivity contribution in [3.63, 3.8) is 0 Å². The molecule has 2 rings (SSSR count). The van der Waals surface area contributed by atoms with Crippen LogP contribution in [0.15, 0.2) is 54.6 Å². The Kier molecular flexibility index (Phi) is 6.21. The van der Waals surface area contributed by atoms with Gasteiger partial charge in [-0.2, -0.15) is 0 Å². The molecule has 0 aromatic heterocycles. The number of hydrogen-bond acceptors (Lipinski definition) is 2. The van der Waals surface area contributed by atoms with Crippen LogP contribution in [0, 0.1) is 6.92 Å². The number of amides is 1. The van der Waals surface area contributed by atoms with E-state index in [0.717, 1.165) is 24.2 Å². The van der Waals surface area contributed by atoms with E-state index in [-0.39, 0.29) is 11.9 Å². The Hall–Kier alpha value is -2.29. The van der Waals surface area contributed by atoms with Gasteiger partial charge in [0, 0.05) is 6.04 Å². The summed E-state index contributed by atoms with van der Waals surface area (Å²) < 4.78 is 5.71. The number of rotatable bonds is 7. The summed E-state index contributed by atoms with van der Waals surface area (Å²) >= 11 is 0. The van der Waals surface area contributed by atoms with E-state index >= 15 is 0 Å². The van der Waals surface area contributed by atoms with Crippen molar-refractivity contribution in [1.29, 1.82) is 0 Å². The molecule has 2 aromatic carbocycles. The van der Waals surface area contributed by atoms with Gasteiger partial charge in [-0.3, -0.25) is 4.79 Å². The van der Waals surface area contributed by atoms with Crippen molar-refractivity contribution in [3.05, 3.63) is 65.7 Å². The summed E-state index contributed by atoms with van der Waals surface area (Å²) in [5.41, 5.74) is 2.41. The fourth-order valence-corrected chi connectivity index (χ4v) is 2.41. The third kappa shape index (κ3) is 5.78. The molecule has 2 aromatic rings. The van der Waals surface area contributed by atoms with Gasteiger partial charge in [0.25, 0.3) is 5.91 Å². The molecule has 1 amide bonds. The summed E-state index contributed by atoms with van der Waals surface area (Å²) in [4.78, 5) is 12.2. The van der Waals surface area contributed by atoms with E-state index in [1.807, 2.05) is 56.3 Å². The molecule has 0 saturated heterocycles. The molecule has 0 spiro atoms. The molecule has 0 radical (unpaired) electrons. The summed E-state index contributed by atoms with van der Waals surface area (Å²) in [5, 5.41) is 3.02. The zero-order valence-electron chi connectivity index (χ0n) is 14.1. The maximum Gasteiger partial charge on any atom is 0.260 e. The molecule has 0 aliphatic rings. The standard InChI is InChI=1S/C20H25NO2/c1-15-8-7-11-19(14-15)23-17(3)20(22)21-16(2)12-13-18-9-5-4-6-10-18/h4-11,14,16-17H,12-13H2,1-3H3,(H,21,22)/t16-,17+/m0/s1. The first-order chi connectivity index (χ1) is 11.0. The van der Waals surface area contributed by atoms with Crippen molar-refractivity contribution in [2.45, 2.75) is 45.8 Å². The number of hydrogen-bond donors (Lipinski definition) is 1. The molecule has 0 fully saturated rings. The summed E-state index contributed by atoms with van der Waals surface area (Å²) in [6.07, 6.45) is 1.36. The predicted octanol–water partition coefficient (Wildman–Crippen LogP) is 3.90. The number of benzene rings is 2. The first-order valence-corrected chi connectivity index (χ1v) is 8.12. The van der Waals surface area contributed by atoms with Crippen molar-refractivity contribution in [1.82, 2.24) is 5.32 Å². The van der Waals surface area contributed by atoms with Crippen molar-refractivity contribution < 1.29 is 9.53 Å². The van der Waals surface area contributed by atoms with Crippen LogP contribution in [0.5, 0.6) is 5.75 Å². The minimum atomic E-state index is -0.504. The Morgan fingerprint density at radius 1 is 1.09 bits per heavy atom. The summed E-state index contributed by atoms with van der Waals surface area (Å²) in [5.74, 6) is 0.650. The van der Waals surface area contributed by atoms with Crippen molar-refractivity contribution >= 4 is 5.91 Å². The fourth-order valence-electron chi connectivity index (χ4n) is 2.41. The van der Waals surface area contributed by atoms with Gasteiger partial charge in [0.2, 0.25) is 0 Å². The number of nitrogens with one attached hydrogen (secondary N) is 1. The van der Waals surface area contributed by atoms with Gasteiger partial charge in [-0.15, -0.1) is 0 Å². The van der Waals surface area contributed by atoms with E-state index in [1.54, 1.807) is 6.92 Å². The topological polar surface area (TPSA) is 38.3 Å². The first kappa shape index (κ1) is 17.1. The van der Waals surface area contributed by atoms with Crippen LogP contribution in [0.1, 0.15) is 31.4 Å². The Bertz CT molecular complexity index is 625. The molecule has 0 bridgehead atoms. The minimum Gasteiger partial charge on any atom is -0.481 e. The molecule has 0 saturated carbocycles. The molecule has 3 heteroatoms. The number of carbonyl (C=O) groups excluding carboxylic acids is 1. The smallest absolute Gasteiger partial charge is 0.260 e. The Morgan fingerprint density at radius 3 is 2.52 bits per heavy atom. The highest BCUT2D eigenvalue weighted by Gasteiger charge is 2.16. The second-order valence-corrected chi connectivity index (χ2v) is 6.01. The predicted molar refractivity (Wildman–Crippen MR) is 93.6 cm³/mol. The van der Waals surface area contributed by atoms with E-state index in [9.17, 15) is 4.79 Å². The molecular weight excluding hydrogens is 286 g/mol. The van der Waals surface area contributed by atoms with Crippen LogP contribution < -0.4 is 10.1 Å². The van der Waals surface area contributed by atoms with Gasteiger partial charge < -0.3 is 10.1 Å². The van der Waals surface area contributed by atoms with E-state index in [0.29, 0.717) is 0 Å². The highest BCUT2D eigenvalue weighted by molar-refractivity contribution is 5.80. The Labute approximate surface area is 138 Å². The molecule has 23 heavy (non-hydrogen) atoms. The molecule has 2 atom stereocenters. The maximum atomic E-state index is 12.2. The van der Waals surface area contributed by atoms with Crippen LogP contribution in [0.3, 0.4) is 0 Å². The molecule has 0 aliphatic heterocycles. The molecule has 0 heterocycles. The van der Waals surface area contributed by atoms with Gasteiger partial charge in [-0.25, -0.2) is 0 Å². The highest BCUT2D eigenvalue weighted by atomic mass is 16.5. The van der Waals surface area contributed by atoms with Gasteiger partial charge >= 0.3 is 0 Å². The zero-order valence-corrected chi connectivity index (χ0v) is 14.1. The van der Waals surface area contributed by atoms with Crippen LogP contribution in [0.2, 0.25) is 0 Å². The van der Waals surface area contributed by atoms with Gasteiger partial charge in [0.1, 0.15) is 5.75 Å². The molecule has 0 unspecified atom stereocenters. The molecule has 1 N–H and O–H groups in total. The lowest BCUT2D eigenvalue weighted by Crippen LogP contribution is -2.41. The maximum absolute atomic E-state index is 12.2. The summed E-state index contributed by atoms with van der Waals surface area (Å²) in [7, 11) is 0. The normalized spacial score (nSPS) is 13.2. The average molecular weight is 311 g/mol. The Morgan fingerprint density at radius 2 is 1.83 bits per heavy atom. The molecule has 3 nitrogen and oxygen atoms in total. The Balaban J connectivity index is 1.78. The number of carbonyl (C=O) groups is 1. The molecular formula is C20H25NO2.